The Balaban J connectivity index is 2.05. The number of ether oxygens (including phenoxy) is 1. The highest BCUT2D eigenvalue weighted by Crippen LogP contribution is 2.36. The van der Waals surface area contributed by atoms with Crippen LogP contribution in [0.5, 0.6) is 5.75 Å². The smallest absolute Gasteiger partial charge is 0.147 e. The van der Waals surface area contributed by atoms with E-state index in [4.69, 9.17) is 4.74 Å². The van der Waals surface area contributed by atoms with Crippen LogP contribution < -0.4 is 4.74 Å². The quantitative estimate of drug-likeness (QED) is 0.901. The average Bonchev–Trinajstić information content (AvgIpc) is 2.46. The molecule has 0 bridgehead atoms. The Morgan fingerprint density at radius 1 is 1.26 bits per heavy atom. The van der Waals surface area contributed by atoms with Gasteiger partial charge in [0.15, 0.2) is 0 Å². The molecule has 3 rings (SSSR count). The van der Waals surface area contributed by atoms with Crippen molar-refractivity contribution >= 4 is 0 Å². The fourth-order valence-corrected chi connectivity index (χ4v) is 2.41. The molecule has 2 aromatic rings. The van der Waals surface area contributed by atoms with Crippen molar-refractivity contribution in [2.24, 2.45) is 0 Å². The molecule has 1 unspecified atom stereocenters. The third-order valence-corrected chi connectivity index (χ3v) is 3.36. The number of hydrogen-bond acceptors (Lipinski definition) is 3. The van der Waals surface area contributed by atoms with Crippen LogP contribution in [0.25, 0.3) is 0 Å². The first kappa shape index (κ1) is 12.1. The normalized spacial score (nSPS) is 15.5. The molecule has 1 N–H and O–H groups in total. The van der Waals surface area contributed by atoms with Gasteiger partial charge in [0.2, 0.25) is 0 Å². The number of fused-ring (bicyclic) bond motifs is 1. The van der Waals surface area contributed by atoms with E-state index in [1.807, 2.05) is 12.1 Å². The van der Waals surface area contributed by atoms with Gasteiger partial charge in [-0.2, -0.15) is 0 Å². The van der Waals surface area contributed by atoms with Gasteiger partial charge in [0, 0.05) is 17.3 Å². The first-order valence-corrected chi connectivity index (χ1v) is 6.29. The number of pyridine rings is 1. The van der Waals surface area contributed by atoms with Gasteiger partial charge in [0.05, 0.1) is 12.8 Å². The van der Waals surface area contributed by atoms with E-state index in [1.54, 1.807) is 6.07 Å². The lowest BCUT2D eigenvalue weighted by Gasteiger charge is -2.23. The van der Waals surface area contributed by atoms with Crippen molar-refractivity contribution in [2.45, 2.75) is 18.9 Å². The minimum Gasteiger partial charge on any atom is -0.493 e. The molecule has 0 aliphatic carbocycles. The number of rotatable bonds is 2. The molecule has 0 saturated carbocycles. The number of aliphatic hydroxyl groups excluding tert-OH is 1. The van der Waals surface area contributed by atoms with Crippen LogP contribution in [0.2, 0.25) is 0 Å². The van der Waals surface area contributed by atoms with Gasteiger partial charge in [0.1, 0.15) is 17.7 Å². The summed E-state index contributed by atoms with van der Waals surface area (Å²) in [4.78, 5) is 3.69. The second-order valence-electron chi connectivity index (χ2n) is 4.59. The molecule has 1 aliphatic heterocycles. The highest BCUT2D eigenvalue weighted by molar-refractivity contribution is 5.46. The number of aliphatic hydroxyl groups is 1. The van der Waals surface area contributed by atoms with E-state index >= 15 is 0 Å². The monoisotopic (exact) mass is 259 g/mol. The minimum atomic E-state index is -1.03. The molecule has 0 fully saturated rings. The Bertz CT molecular complexity index is 600. The molecule has 19 heavy (non-hydrogen) atoms. The van der Waals surface area contributed by atoms with Crippen LogP contribution in [-0.2, 0) is 6.42 Å². The van der Waals surface area contributed by atoms with Gasteiger partial charge in [-0.3, -0.25) is 4.98 Å². The summed E-state index contributed by atoms with van der Waals surface area (Å²) in [6.45, 7) is 0.634. The van der Waals surface area contributed by atoms with Gasteiger partial charge >= 0.3 is 0 Å². The van der Waals surface area contributed by atoms with E-state index in [9.17, 15) is 9.50 Å². The summed E-state index contributed by atoms with van der Waals surface area (Å²) in [5, 5.41) is 10.4. The van der Waals surface area contributed by atoms with Crippen LogP contribution in [0, 0.1) is 5.82 Å². The molecule has 1 aromatic heterocycles. The molecule has 2 heterocycles. The van der Waals surface area contributed by atoms with Crippen molar-refractivity contribution in [3.63, 3.8) is 0 Å². The Morgan fingerprint density at radius 2 is 2.16 bits per heavy atom. The lowest BCUT2D eigenvalue weighted by Crippen LogP contribution is -2.13. The summed E-state index contributed by atoms with van der Waals surface area (Å²) in [6, 6.07) is 7.11. The number of aryl methyl sites for hydroxylation is 1. The molecule has 4 heteroatoms. The first-order chi connectivity index (χ1) is 9.27. The highest BCUT2D eigenvalue weighted by Gasteiger charge is 2.22. The minimum absolute atomic E-state index is 0.220. The second-order valence-corrected chi connectivity index (χ2v) is 4.59. The standard InChI is InChI=1S/C15H14FNO2/c16-13-9-17-7-6-11(13)14(18)12-5-1-3-10-4-2-8-19-15(10)12/h1,3,5-7,9,14,18H,2,4,8H2. The van der Waals surface area contributed by atoms with Gasteiger partial charge in [-0.05, 0) is 24.5 Å². The van der Waals surface area contributed by atoms with Crippen LogP contribution in [0.15, 0.2) is 36.7 Å². The second kappa shape index (κ2) is 4.97. The molecule has 1 atom stereocenters. The number of benzene rings is 1. The largest absolute Gasteiger partial charge is 0.493 e. The van der Waals surface area contributed by atoms with Crippen LogP contribution in [0.1, 0.15) is 29.2 Å². The number of halogens is 1. The third-order valence-electron chi connectivity index (χ3n) is 3.36. The average molecular weight is 259 g/mol. The van der Waals surface area contributed by atoms with Crippen LogP contribution in [0.4, 0.5) is 4.39 Å². The number of aromatic nitrogens is 1. The fourth-order valence-electron chi connectivity index (χ4n) is 2.41. The fraction of sp³-hybridized carbons (Fsp3) is 0.267. The predicted molar refractivity (Wildman–Crippen MR) is 68.5 cm³/mol. The van der Waals surface area contributed by atoms with Gasteiger partial charge in [-0.25, -0.2) is 4.39 Å². The van der Waals surface area contributed by atoms with E-state index in [0.29, 0.717) is 17.9 Å². The molecule has 3 nitrogen and oxygen atoms in total. The molecule has 0 spiro atoms. The van der Waals surface area contributed by atoms with Crippen LogP contribution in [-0.4, -0.2) is 16.7 Å². The summed E-state index contributed by atoms with van der Waals surface area (Å²) in [5.41, 5.74) is 1.90. The van der Waals surface area contributed by atoms with E-state index in [1.165, 1.54) is 12.3 Å². The number of hydrogen-bond donors (Lipinski definition) is 1. The third kappa shape index (κ3) is 2.19. The summed E-state index contributed by atoms with van der Waals surface area (Å²) in [7, 11) is 0. The van der Waals surface area contributed by atoms with Gasteiger partial charge < -0.3 is 9.84 Å². The predicted octanol–water partition coefficient (Wildman–Crippen LogP) is 2.63. The molecule has 98 valence electrons. The zero-order chi connectivity index (χ0) is 13.2. The van der Waals surface area contributed by atoms with Gasteiger partial charge in [0.25, 0.3) is 0 Å². The van der Waals surface area contributed by atoms with Gasteiger partial charge in [-0.15, -0.1) is 0 Å². The number of para-hydroxylation sites is 1. The Labute approximate surface area is 110 Å². The first-order valence-electron chi connectivity index (χ1n) is 6.29. The van der Waals surface area contributed by atoms with E-state index in [0.717, 1.165) is 24.6 Å². The molecule has 0 amide bonds. The lowest BCUT2D eigenvalue weighted by atomic mass is 9.96. The summed E-state index contributed by atoms with van der Waals surface area (Å²) in [5.74, 6) is 0.181. The zero-order valence-electron chi connectivity index (χ0n) is 10.3. The lowest BCUT2D eigenvalue weighted by molar-refractivity contribution is 0.202. The van der Waals surface area contributed by atoms with Crippen molar-refractivity contribution in [3.05, 3.63) is 59.2 Å². The maximum absolute atomic E-state index is 13.7. The Hall–Kier alpha value is -1.94. The zero-order valence-corrected chi connectivity index (χ0v) is 10.3. The van der Waals surface area contributed by atoms with Crippen molar-refractivity contribution in [3.8, 4) is 5.75 Å². The van der Waals surface area contributed by atoms with Gasteiger partial charge in [-0.1, -0.05) is 18.2 Å². The van der Waals surface area contributed by atoms with Crippen LogP contribution in [0.3, 0.4) is 0 Å². The van der Waals surface area contributed by atoms with Crippen molar-refractivity contribution in [1.29, 1.82) is 0 Å². The topological polar surface area (TPSA) is 42.4 Å². The highest BCUT2D eigenvalue weighted by atomic mass is 19.1. The molecular formula is C15H14FNO2. The van der Waals surface area contributed by atoms with Crippen molar-refractivity contribution < 1.29 is 14.2 Å². The molecule has 0 radical (unpaired) electrons. The summed E-state index contributed by atoms with van der Waals surface area (Å²) in [6.07, 6.45) is 3.44. The van der Waals surface area contributed by atoms with Crippen LogP contribution >= 0.6 is 0 Å². The molecule has 1 aromatic carbocycles. The maximum Gasteiger partial charge on any atom is 0.147 e. The maximum atomic E-state index is 13.7. The Kier molecular flexibility index (Phi) is 3.17. The van der Waals surface area contributed by atoms with Crippen molar-refractivity contribution in [2.75, 3.05) is 6.61 Å². The Morgan fingerprint density at radius 3 is 3.00 bits per heavy atom. The summed E-state index contributed by atoms with van der Waals surface area (Å²) >= 11 is 0. The van der Waals surface area contributed by atoms with E-state index in [2.05, 4.69) is 4.98 Å². The summed E-state index contributed by atoms with van der Waals surface area (Å²) < 4.78 is 19.3. The molecular weight excluding hydrogens is 245 g/mol. The SMILES string of the molecule is OC(c1ccncc1F)c1cccc2c1OCCC2. The molecule has 0 saturated heterocycles. The number of nitrogens with zero attached hydrogens (tertiary/aromatic N) is 1. The van der Waals surface area contributed by atoms with E-state index in [-0.39, 0.29) is 5.56 Å². The molecule has 1 aliphatic rings. The van der Waals surface area contributed by atoms with E-state index < -0.39 is 11.9 Å². The van der Waals surface area contributed by atoms with Crippen molar-refractivity contribution in [1.82, 2.24) is 4.98 Å².